The molecule has 130 valence electrons. The van der Waals surface area contributed by atoms with Gasteiger partial charge in [-0.15, -0.1) is 0 Å². The van der Waals surface area contributed by atoms with Crippen LogP contribution in [0, 0.1) is 0 Å². The van der Waals surface area contributed by atoms with E-state index in [0.717, 1.165) is 18.7 Å². The number of benzene rings is 2. The van der Waals surface area contributed by atoms with Gasteiger partial charge in [0.15, 0.2) is 0 Å². The number of carbonyl (C=O) groups is 1. The van der Waals surface area contributed by atoms with E-state index in [2.05, 4.69) is 21.4 Å². The minimum absolute atomic E-state index is 0.269. The van der Waals surface area contributed by atoms with Crippen molar-refractivity contribution in [3.8, 4) is 0 Å². The molecule has 0 saturated carbocycles. The Morgan fingerprint density at radius 1 is 1.12 bits per heavy atom. The smallest absolute Gasteiger partial charge is 0.274 e. The topological polar surface area (TPSA) is 58.1 Å². The second-order valence-corrected chi connectivity index (χ2v) is 6.69. The van der Waals surface area contributed by atoms with Gasteiger partial charge in [0.25, 0.3) is 5.91 Å². The SMILES string of the molecule is O=C(Nc1ccc(Cl)cc1Cl)c1ccnc(N2CCc3ccccc32)n1. The van der Waals surface area contributed by atoms with Crippen LogP contribution in [0.4, 0.5) is 17.3 Å². The van der Waals surface area contributed by atoms with Crippen LogP contribution >= 0.6 is 23.2 Å². The maximum atomic E-state index is 12.6. The van der Waals surface area contributed by atoms with Crippen molar-refractivity contribution in [1.29, 1.82) is 0 Å². The number of rotatable bonds is 3. The summed E-state index contributed by atoms with van der Waals surface area (Å²) in [5.74, 6) is 0.148. The van der Waals surface area contributed by atoms with Crippen molar-refractivity contribution in [2.45, 2.75) is 6.42 Å². The van der Waals surface area contributed by atoms with Crippen molar-refractivity contribution in [2.24, 2.45) is 0 Å². The molecule has 1 aliphatic rings. The van der Waals surface area contributed by atoms with E-state index >= 15 is 0 Å². The molecule has 2 aromatic carbocycles. The zero-order valence-corrected chi connectivity index (χ0v) is 15.1. The molecule has 1 aliphatic heterocycles. The Kier molecular flexibility index (Phi) is 4.49. The van der Waals surface area contributed by atoms with Gasteiger partial charge in [0.2, 0.25) is 5.95 Å². The summed E-state index contributed by atoms with van der Waals surface area (Å²) in [6.07, 6.45) is 2.51. The van der Waals surface area contributed by atoms with Crippen molar-refractivity contribution in [3.63, 3.8) is 0 Å². The standard InChI is InChI=1S/C19H14Cl2N4O/c20-13-5-6-15(14(21)11-13)23-18(26)16-7-9-22-19(24-16)25-10-8-12-3-1-2-4-17(12)25/h1-7,9,11H,8,10H2,(H,23,26). The first-order chi connectivity index (χ1) is 12.6. The van der Waals surface area contributed by atoms with Gasteiger partial charge in [-0.05, 0) is 42.3 Å². The van der Waals surface area contributed by atoms with Crippen LogP contribution in [0.2, 0.25) is 10.0 Å². The lowest BCUT2D eigenvalue weighted by Gasteiger charge is -2.17. The highest BCUT2D eigenvalue weighted by Crippen LogP contribution is 2.32. The molecule has 1 N–H and O–H groups in total. The van der Waals surface area contributed by atoms with Gasteiger partial charge in [-0.25, -0.2) is 9.97 Å². The van der Waals surface area contributed by atoms with E-state index in [1.54, 1.807) is 30.5 Å². The predicted octanol–water partition coefficient (Wildman–Crippen LogP) is 4.73. The van der Waals surface area contributed by atoms with E-state index in [1.807, 2.05) is 23.1 Å². The molecular formula is C19H14Cl2N4O. The first kappa shape index (κ1) is 16.8. The van der Waals surface area contributed by atoms with Crippen LogP contribution in [0.1, 0.15) is 16.1 Å². The molecule has 4 rings (SSSR count). The first-order valence-electron chi connectivity index (χ1n) is 8.07. The maximum absolute atomic E-state index is 12.6. The molecule has 26 heavy (non-hydrogen) atoms. The van der Waals surface area contributed by atoms with Crippen LogP contribution in [0.25, 0.3) is 0 Å². The Balaban J connectivity index is 1.59. The van der Waals surface area contributed by atoms with E-state index < -0.39 is 0 Å². The molecule has 0 bridgehead atoms. The Labute approximate surface area is 160 Å². The molecular weight excluding hydrogens is 371 g/mol. The lowest BCUT2D eigenvalue weighted by atomic mass is 10.2. The molecule has 5 nitrogen and oxygen atoms in total. The molecule has 3 aromatic rings. The lowest BCUT2D eigenvalue weighted by molar-refractivity contribution is 0.102. The first-order valence-corrected chi connectivity index (χ1v) is 8.82. The van der Waals surface area contributed by atoms with E-state index in [9.17, 15) is 4.79 Å². The van der Waals surface area contributed by atoms with Gasteiger partial charge in [-0.2, -0.15) is 0 Å². The van der Waals surface area contributed by atoms with Gasteiger partial charge in [-0.3, -0.25) is 4.79 Å². The molecule has 0 unspecified atom stereocenters. The summed E-state index contributed by atoms with van der Waals surface area (Å²) < 4.78 is 0. The predicted molar refractivity (Wildman–Crippen MR) is 104 cm³/mol. The van der Waals surface area contributed by atoms with Crippen LogP contribution < -0.4 is 10.2 Å². The number of hydrogen-bond acceptors (Lipinski definition) is 4. The molecule has 0 radical (unpaired) electrons. The average Bonchev–Trinajstić information content (AvgIpc) is 3.08. The molecule has 0 atom stereocenters. The van der Waals surface area contributed by atoms with Crippen LogP contribution in [0.5, 0.6) is 0 Å². The summed E-state index contributed by atoms with van der Waals surface area (Å²) in [6, 6.07) is 14.6. The number of nitrogens with zero attached hydrogens (tertiary/aromatic N) is 3. The van der Waals surface area contributed by atoms with E-state index in [1.165, 1.54) is 5.56 Å². The number of halogens is 2. The van der Waals surface area contributed by atoms with E-state index in [4.69, 9.17) is 23.2 Å². The van der Waals surface area contributed by atoms with E-state index in [0.29, 0.717) is 21.7 Å². The van der Waals surface area contributed by atoms with Gasteiger partial charge in [0.1, 0.15) is 5.69 Å². The van der Waals surface area contributed by atoms with Crippen molar-refractivity contribution in [3.05, 3.63) is 76.0 Å². The molecule has 0 spiro atoms. The van der Waals surface area contributed by atoms with E-state index in [-0.39, 0.29) is 11.6 Å². The molecule has 1 amide bonds. The molecule has 0 saturated heterocycles. The van der Waals surface area contributed by atoms with Crippen LogP contribution in [0.3, 0.4) is 0 Å². The fourth-order valence-electron chi connectivity index (χ4n) is 2.93. The summed E-state index contributed by atoms with van der Waals surface area (Å²) in [5, 5.41) is 3.63. The summed E-state index contributed by atoms with van der Waals surface area (Å²) >= 11 is 12.0. The summed E-state index contributed by atoms with van der Waals surface area (Å²) in [5.41, 5.74) is 3.07. The van der Waals surface area contributed by atoms with Gasteiger partial charge in [0, 0.05) is 23.5 Å². The number of para-hydroxylation sites is 1. The number of amides is 1. The summed E-state index contributed by atoms with van der Waals surface area (Å²) in [6.45, 7) is 0.785. The molecule has 7 heteroatoms. The highest BCUT2D eigenvalue weighted by Gasteiger charge is 2.22. The second kappa shape index (κ2) is 6.94. The number of anilines is 3. The number of carbonyl (C=O) groups excluding carboxylic acids is 1. The normalized spacial score (nSPS) is 12.8. The minimum Gasteiger partial charge on any atom is -0.319 e. The van der Waals surface area contributed by atoms with Gasteiger partial charge in [-0.1, -0.05) is 41.4 Å². The fourth-order valence-corrected chi connectivity index (χ4v) is 3.38. The third kappa shape index (κ3) is 3.23. The lowest BCUT2D eigenvalue weighted by Crippen LogP contribution is -2.20. The van der Waals surface area contributed by atoms with Crippen molar-refractivity contribution in [2.75, 3.05) is 16.8 Å². The van der Waals surface area contributed by atoms with Crippen LogP contribution in [0.15, 0.2) is 54.7 Å². The van der Waals surface area contributed by atoms with Crippen LogP contribution in [-0.4, -0.2) is 22.4 Å². The highest BCUT2D eigenvalue weighted by atomic mass is 35.5. The number of nitrogens with one attached hydrogen (secondary N) is 1. The third-order valence-corrected chi connectivity index (χ3v) is 4.73. The molecule has 2 heterocycles. The number of hydrogen-bond donors (Lipinski definition) is 1. The maximum Gasteiger partial charge on any atom is 0.274 e. The van der Waals surface area contributed by atoms with Crippen molar-refractivity contribution < 1.29 is 4.79 Å². The molecule has 0 aliphatic carbocycles. The zero-order valence-electron chi connectivity index (χ0n) is 13.6. The summed E-state index contributed by atoms with van der Waals surface area (Å²) in [7, 11) is 0. The van der Waals surface area contributed by atoms with Gasteiger partial charge < -0.3 is 10.2 Å². The van der Waals surface area contributed by atoms with Gasteiger partial charge in [0.05, 0.1) is 10.7 Å². The third-order valence-electron chi connectivity index (χ3n) is 4.18. The molecule has 0 fully saturated rings. The fraction of sp³-hybridized carbons (Fsp3) is 0.105. The van der Waals surface area contributed by atoms with Crippen LogP contribution in [-0.2, 0) is 6.42 Å². The second-order valence-electron chi connectivity index (χ2n) is 5.85. The van der Waals surface area contributed by atoms with Crippen molar-refractivity contribution in [1.82, 2.24) is 9.97 Å². The molecule has 1 aromatic heterocycles. The highest BCUT2D eigenvalue weighted by molar-refractivity contribution is 6.36. The Bertz CT molecular complexity index is 993. The monoisotopic (exact) mass is 384 g/mol. The Hall–Kier alpha value is -2.63. The Morgan fingerprint density at radius 2 is 1.96 bits per heavy atom. The largest absolute Gasteiger partial charge is 0.319 e. The van der Waals surface area contributed by atoms with Crippen molar-refractivity contribution >= 4 is 46.4 Å². The summed E-state index contributed by atoms with van der Waals surface area (Å²) in [4.78, 5) is 23.3. The number of aromatic nitrogens is 2. The Morgan fingerprint density at radius 3 is 2.81 bits per heavy atom. The number of fused-ring (bicyclic) bond motifs is 1. The zero-order chi connectivity index (χ0) is 18.1. The average molecular weight is 385 g/mol. The van der Waals surface area contributed by atoms with Gasteiger partial charge >= 0.3 is 0 Å². The quantitative estimate of drug-likeness (QED) is 0.708. The minimum atomic E-state index is -0.356.